The molecule has 0 heterocycles. The number of hydrogen-bond donors (Lipinski definition) is 2. The van der Waals surface area contributed by atoms with Crippen molar-refractivity contribution < 1.29 is 13.2 Å². The highest BCUT2D eigenvalue weighted by atomic mass is 32.2. The van der Waals surface area contributed by atoms with Crippen molar-refractivity contribution in [3.63, 3.8) is 0 Å². The van der Waals surface area contributed by atoms with E-state index in [1.54, 1.807) is 19.1 Å². The van der Waals surface area contributed by atoms with Crippen LogP contribution in [-0.2, 0) is 10.0 Å². The van der Waals surface area contributed by atoms with Crippen LogP contribution in [0, 0.1) is 19.3 Å². The van der Waals surface area contributed by atoms with Crippen LogP contribution in [-0.4, -0.2) is 27.1 Å². The fourth-order valence-corrected chi connectivity index (χ4v) is 1.93. The second-order valence-electron chi connectivity index (χ2n) is 3.79. The molecule has 0 aliphatic heterocycles. The average molecular weight is 266 g/mol. The molecule has 0 saturated carbocycles. The Morgan fingerprint density at radius 3 is 2.67 bits per heavy atom. The Labute approximate surface area is 107 Å². The molecule has 1 amide bonds. The lowest BCUT2D eigenvalue weighted by atomic mass is 10.1. The summed E-state index contributed by atoms with van der Waals surface area (Å²) < 4.78 is 24.7. The van der Waals surface area contributed by atoms with Gasteiger partial charge >= 0.3 is 0 Å². The molecular formula is C12H14N2O3S. The number of amides is 1. The normalized spacial score (nSPS) is 10.5. The molecule has 0 fully saturated rings. The maximum atomic E-state index is 11.6. The number of anilines is 1. The van der Waals surface area contributed by atoms with E-state index < -0.39 is 10.0 Å². The van der Waals surface area contributed by atoms with Crippen LogP contribution in [0.3, 0.4) is 0 Å². The summed E-state index contributed by atoms with van der Waals surface area (Å²) in [7, 11) is -3.37. The van der Waals surface area contributed by atoms with Gasteiger partial charge in [0.1, 0.15) is 0 Å². The fraction of sp³-hybridized carbons (Fsp3) is 0.250. The minimum atomic E-state index is -3.37. The summed E-state index contributed by atoms with van der Waals surface area (Å²) in [5, 5.41) is 2.51. The summed E-state index contributed by atoms with van der Waals surface area (Å²) in [4.78, 5) is 11.6. The average Bonchev–Trinajstić information content (AvgIpc) is 2.27. The van der Waals surface area contributed by atoms with Gasteiger partial charge in [-0.05, 0) is 24.6 Å². The van der Waals surface area contributed by atoms with Gasteiger partial charge in [-0.15, -0.1) is 6.42 Å². The standard InChI is InChI=1S/C12H14N2O3S/c1-4-7-13-12(15)10-6-5-9(2)11(8-10)14-18(3,16)17/h1,5-6,8,14H,7H2,2-3H3,(H,13,15). The summed E-state index contributed by atoms with van der Waals surface area (Å²) in [6.45, 7) is 1.87. The number of carbonyl (C=O) groups is 1. The van der Waals surface area contributed by atoms with Crippen molar-refractivity contribution in [2.75, 3.05) is 17.5 Å². The van der Waals surface area contributed by atoms with Crippen LogP contribution in [0.2, 0.25) is 0 Å². The fourth-order valence-electron chi connectivity index (χ4n) is 1.31. The van der Waals surface area contributed by atoms with Crippen LogP contribution in [0.25, 0.3) is 0 Å². The smallest absolute Gasteiger partial charge is 0.252 e. The molecule has 0 atom stereocenters. The summed E-state index contributed by atoms with van der Waals surface area (Å²) in [6.07, 6.45) is 6.09. The third-order valence-electron chi connectivity index (χ3n) is 2.15. The molecule has 0 aliphatic rings. The maximum Gasteiger partial charge on any atom is 0.252 e. The van der Waals surface area contributed by atoms with E-state index in [2.05, 4.69) is 16.0 Å². The number of sulfonamides is 1. The minimum Gasteiger partial charge on any atom is -0.341 e. The van der Waals surface area contributed by atoms with Gasteiger partial charge in [0.2, 0.25) is 10.0 Å². The summed E-state index contributed by atoms with van der Waals surface area (Å²) in [5.41, 5.74) is 1.46. The van der Waals surface area contributed by atoms with Gasteiger partial charge in [-0.3, -0.25) is 9.52 Å². The molecule has 96 valence electrons. The highest BCUT2D eigenvalue weighted by Gasteiger charge is 2.09. The lowest BCUT2D eigenvalue weighted by molar-refractivity contribution is 0.0958. The zero-order chi connectivity index (χ0) is 13.8. The van der Waals surface area contributed by atoms with Gasteiger partial charge in [0.05, 0.1) is 18.5 Å². The highest BCUT2D eigenvalue weighted by molar-refractivity contribution is 7.92. The third-order valence-corrected chi connectivity index (χ3v) is 2.74. The van der Waals surface area contributed by atoms with Crippen molar-refractivity contribution in [3.05, 3.63) is 29.3 Å². The van der Waals surface area contributed by atoms with Crippen molar-refractivity contribution in [3.8, 4) is 12.3 Å². The van der Waals surface area contributed by atoms with Gasteiger partial charge < -0.3 is 5.32 Å². The molecule has 0 aromatic heterocycles. The molecule has 1 rings (SSSR count). The maximum absolute atomic E-state index is 11.6. The molecule has 0 radical (unpaired) electrons. The topological polar surface area (TPSA) is 75.3 Å². The first-order valence-corrected chi connectivity index (χ1v) is 7.03. The number of hydrogen-bond acceptors (Lipinski definition) is 3. The largest absolute Gasteiger partial charge is 0.341 e. The molecule has 0 aliphatic carbocycles. The first-order chi connectivity index (χ1) is 8.33. The van der Waals surface area contributed by atoms with E-state index in [0.29, 0.717) is 11.3 Å². The van der Waals surface area contributed by atoms with Gasteiger partial charge in [0.25, 0.3) is 5.91 Å². The van der Waals surface area contributed by atoms with E-state index in [1.807, 2.05) is 0 Å². The van der Waals surface area contributed by atoms with E-state index in [4.69, 9.17) is 6.42 Å². The highest BCUT2D eigenvalue weighted by Crippen LogP contribution is 2.17. The predicted molar refractivity (Wildman–Crippen MR) is 70.8 cm³/mol. The zero-order valence-electron chi connectivity index (χ0n) is 10.1. The monoisotopic (exact) mass is 266 g/mol. The molecule has 1 aromatic rings. The zero-order valence-corrected chi connectivity index (χ0v) is 11.0. The molecule has 0 unspecified atom stereocenters. The van der Waals surface area contributed by atoms with Crippen molar-refractivity contribution in [1.82, 2.24) is 5.32 Å². The first-order valence-electron chi connectivity index (χ1n) is 5.13. The lowest BCUT2D eigenvalue weighted by Crippen LogP contribution is -2.23. The Balaban J connectivity index is 3.01. The molecule has 2 N–H and O–H groups in total. The van der Waals surface area contributed by atoms with Crippen LogP contribution in [0.4, 0.5) is 5.69 Å². The van der Waals surface area contributed by atoms with Gasteiger partial charge in [-0.1, -0.05) is 12.0 Å². The van der Waals surface area contributed by atoms with Crippen LogP contribution in [0.1, 0.15) is 15.9 Å². The van der Waals surface area contributed by atoms with E-state index in [9.17, 15) is 13.2 Å². The molecule has 6 heteroatoms. The molecule has 18 heavy (non-hydrogen) atoms. The Kier molecular flexibility index (Phi) is 4.34. The number of benzene rings is 1. The number of carbonyl (C=O) groups excluding carboxylic acids is 1. The van der Waals surface area contributed by atoms with Crippen molar-refractivity contribution >= 4 is 21.6 Å². The Morgan fingerprint density at radius 2 is 2.11 bits per heavy atom. The number of nitrogens with one attached hydrogen (secondary N) is 2. The molecule has 0 bridgehead atoms. The summed E-state index contributed by atoms with van der Waals surface area (Å²) >= 11 is 0. The van der Waals surface area contributed by atoms with Crippen LogP contribution < -0.4 is 10.0 Å². The molecular weight excluding hydrogens is 252 g/mol. The summed E-state index contributed by atoms with van der Waals surface area (Å²) in [6, 6.07) is 4.75. The summed E-state index contributed by atoms with van der Waals surface area (Å²) in [5.74, 6) is 1.95. The number of aryl methyl sites for hydroxylation is 1. The molecule has 5 nitrogen and oxygen atoms in total. The second-order valence-corrected chi connectivity index (χ2v) is 5.54. The molecule has 1 aromatic carbocycles. The molecule has 0 spiro atoms. The van der Waals surface area contributed by atoms with Crippen molar-refractivity contribution in [2.45, 2.75) is 6.92 Å². The lowest BCUT2D eigenvalue weighted by Gasteiger charge is -2.09. The van der Waals surface area contributed by atoms with Gasteiger partial charge in [-0.2, -0.15) is 0 Å². The van der Waals surface area contributed by atoms with Crippen LogP contribution >= 0.6 is 0 Å². The minimum absolute atomic E-state index is 0.127. The van der Waals surface area contributed by atoms with Crippen LogP contribution in [0.15, 0.2) is 18.2 Å². The van der Waals surface area contributed by atoms with E-state index in [1.165, 1.54) is 6.07 Å². The molecule has 0 saturated heterocycles. The van der Waals surface area contributed by atoms with Crippen LogP contribution in [0.5, 0.6) is 0 Å². The Morgan fingerprint density at radius 1 is 1.44 bits per heavy atom. The SMILES string of the molecule is C#CCNC(=O)c1ccc(C)c(NS(C)(=O)=O)c1. The van der Waals surface area contributed by atoms with Crippen molar-refractivity contribution in [1.29, 1.82) is 0 Å². The van der Waals surface area contributed by atoms with E-state index in [0.717, 1.165) is 11.8 Å². The Hall–Kier alpha value is -2.00. The van der Waals surface area contributed by atoms with E-state index in [-0.39, 0.29) is 12.5 Å². The van der Waals surface area contributed by atoms with Gasteiger partial charge in [-0.25, -0.2) is 8.42 Å². The first kappa shape index (κ1) is 14.1. The van der Waals surface area contributed by atoms with Gasteiger partial charge in [0.15, 0.2) is 0 Å². The third kappa shape index (κ3) is 4.11. The second kappa shape index (κ2) is 5.56. The quantitative estimate of drug-likeness (QED) is 0.789. The van der Waals surface area contributed by atoms with E-state index >= 15 is 0 Å². The van der Waals surface area contributed by atoms with Gasteiger partial charge in [0, 0.05) is 5.56 Å². The Bertz CT molecular complexity index is 600. The number of terminal acetylenes is 1. The predicted octanol–water partition coefficient (Wildman–Crippen LogP) is 0.730. The van der Waals surface area contributed by atoms with Crippen molar-refractivity contribution in [2.24, 2.45) is 0 Å². The number of rotatable bonds is 4.